The van der Waals surface area contributed by atoms with Crippen molar-refractivity contribution in [3.63, 3.8) is 0 Å². The molecule has 4 heteroatoms. The van der Waals surface area contributed by atoms with E-state index in [4.69, 9.17) is 9.47 Å². The lowest BCUT2D eigenvalue weighted by Crippen LogP contribution is -2.15. The largest absolute Gasteiger partial charge is 0.486 e. The Kier molecular flexibility index (Phi) is 3.72. The Hall–Kier alpha value is -1.16. The number of rotatable bonds is 4. The summed E-state index contributed by atoms with van der Waals surface area (Å²) in [5.41, 5.74) is 1.05. The molecule has 0 amide bonds. The second-order valence-corrected chi connectivity index (χ2v) is 4.04. The summed E-state index contributed by atoms with van der Waals surface area (Å²) in [5, 5.41) is 0. The second-order valence-electron chi connectivity index (χ2n) is 3.68. The minimum Gasteiger partial charge on any atom is -0.486 e. The van der Waals surface area contributed by atoms with Crippen molar-refractivity contribution >= 4 is 18.9 Å². The van der Waals surface area contributed by atoms with Gasteiger partial charge in [0.25, 0.3) is 0 Å². The average molecular weight is 237 g/mol. The molecular formula is C12H13O3S. The van der Waals surface area contributed by atoms with Crippen molar-refractivity contribution in [2.24, 2.45) is 5.92 Å². The molecule has 0 aromatic heterocycles. The van der Waals surface area contributed by atoms with Crippen LogP contribution in [0.1, 0.15) is 5.56 Å². The van der Waals surface area contributed by atoms with Crippen molar-refractivity contribution in [3.05, 3.63) is 23.8 Å². The van der Waals surface area contributed by atoms with Gasteiger partial charge in [-0.25, -0.2) is 0 Å². The second kappa shape index (κ2) is 5.25. The van der Waals surface area contributed by atoms with Crippen LogP contribution in [0.2, 0.25) is 0 Å². The van der Waals surface area contributed by atoms with Crippen LogP contribution in [-0.2, 0) is 11.2 Å². The Balaban J connectivity index is 2.13. The molecule has 85 valence electrons. The van der Waals surface area contributed by atoms with Gasteiger partial charge in [-0.05, 0) is 24.1 Å². The molecule has 0 saturated heterocycles. The maximum absolute atomic E-state index is 10.6. The zero-order chi connectivity index (χ0) is 11.4. The fourth-order valence-electron chi connectivity index (χ4n) is 1.64. The highest BCUT2D eigenvalue weighted by molar-refractivity contribution is 7.80. The molecule has 1 aromatic carbocycles. The molecule has 1 radical (unpaired) electrons. The van der Waals surface area contributed by atoms with Gasteiger partial charge in [0, 0.05) is 11.7 Å². The Labute approximate surface area is 100 Å². The van der Waals surface area contributed by atoms with Crippen LogP contribution < -0.4 is 9.47 Å². The van der Waals surface area contributed by atoms with Crippen molar-refractivity contribution < 1.29 is 14.3 Å². The number of thiol groups is 1. The summed E-state index contributed by atoms with van der Waals surface area (Å²) >= 11 is 4.11. The Morgan fingerprint density at radius 1 is 1.31 bits per heavy atom. The summed E-state index contributed by atoms with van der Waals surface area (Å²) in [4.78, 5) is 10.6. The number of ether oxygens (including phenoxy) is 2. The molecule has 3 nitrogen and oxygen atoms in total. The number of benzene rings is 1. The van der Waals surface area contributed by atoms with Gasteiger partial charge in [0.15, 0.2) is 11.5 Å². The minimum atomic E-state index is -0.161. The fourth-order valence-corrected chi connectivity index (χ4v) is 1.85. The molecule has 1 aliphatic rings. The number of carbonyl (C=O) groups excluding carboxylic acids is 1. The highest BCUT2D eigenvalue weighted by Crippen LogP contribution is 2.31. The molecule has 0 spiro atoms. The maximum Gasteiger partial charge on any atom is 0.202 e. The molecule has 0 N–H and O–H groups in total. The summed E-state index contributed by atoms with van der Waals surface area (Å²) in [6, 6.07) is 5.74. The zero-order valence-corrected chi connectivity index (χ0v) is 9.70. The van der Waals surface area contributed by atoms with Gasteiger partial charge in [-0.1, -0.05) is 6.07 Å². The monoisotopic (exact) mass is 237 g/mol. The lowest BCUT2D eigenvalue weighted by Gasteiger charge is -2.19. The van der Waals surface area contributed by atoms with Crippen LogP contribution >= 0.6 is 12.6 Å². The van der Waals surface area contributed by atoms with Crippen molar-refractivity contribution in [1.82, 2.24) is 0 Å². The third-order valence-corrected chi connectivity index (χ3v) is 2.92. The van der Waals surface area contributed by atoms with Gasteiger partial charge >= 0.3 is 0 Å². The molecule has 0 bridgehead atoms. The van der Waals surface area contributed by atoms with Gasteiger partial charge in [0.2, 0.25) is 6.29 Å². The summed E-state index contributed by atoms with van der Waals surface area (Å²) < 4.78 is 10.9. The number of hydrogen-bond donors (Lipinski definition) is 1. The quantitative estimate of drug-likeness (QED) is 0.809. The van der Waals surface area contributed by atoms with Crippen LogP contribution in [0, 0.1) is 5.92 Å². The lowest BCUT2D eigenvalue weighted by molar-refractivity contribution is 0.171. The van der Waals surface area contributed by atoms with E-state index in [0.29, 0.717) is 25.4 Å². The zero-order valence-electron chi connectivity index (χ0n) is 8.81. The fraction of sp³-hybridized carbons (Fsp3) is 0.417. The third kappa shape index (κ3) is 2.50. The van der Waals surface area contributed by atoms with E-state index in [9.17, 15) is 4.79 Å². The highest BCUT2D eigenvalue weighted by atomic mass is 32.1. The predicted octanol–water partition coefficient (Wildman–Crippen LogP) is 1.66. The van der Waals surface area contributed by atoms with E-state index in [1.54, 1.807) is 0 Å². The van der Waals surface area contributed by atoms with Gasteiger partial charge in [0.05, 0.1) is 0 Å². The summed E-state index contributed by atoms with van der Waals surface area (Å²) in [6.07, 6.45) is 2.62. The Bertz CT molecular complexity index is 379. The molecular weight excluding hydrogens is 224 g/mol. The first-order chi connectivity index (χ1) is 7.83. The van der Waals surface area contributed by atoms with Crippen molar-refractivity contribution in [2.75, 3.05) is 19.0 Å². The third-order valence-electron chi connectivity index (χ3n) is 2.48. The van der Waals surface area contributed by atoms with Crippen LogP contribution in [0.4, 0.5) is 0 Å². The van der Waals surface area contributed by atoms with Crippen LogP contribution in [-0.4, -0.2) is 25.3 Å². The van der Waals surface area contributed by atoms with Crippen molar-refractivity contribution in [1.29, 1.82) is 0 Å². The van der Waals surface area contributed by atoms with Gasteiger partial charge in [-0.2, -0.15) is 12.6 Å². The number of fused-ring (bicyclic) bond motifs is 1. The number of hydrogen-bond acceptors (Lipinski definition) is 4. The molecule has 1 heterocycles. The lowest BCUT2D eigenvalue weighted by atomic mass is 10.0. The average Bonchev–Trinajstić information content (AvgIpc) is 2.35. The summed E-state index contributed by atoms with van der Waals surface area (Å²) in [6.45, 7) is 1.17. The molecule has 2 rings (SSSR count). The van der Waals surface area contributed by atoms with E-state index in [-0.39, 0.29) is 5.92 Å². The minimum absolute atomic E-state index is 0.161. The van der Waals surface area contributed by atoms with Crippen molar-refractivity contribution in [3.8, 4) is 11.5 Å². The maximum atomic E-state index is 10.6. The first-order valence-electron chi connectivity index (χ1n) is 5.20. The standard InChI is InChI=1S/C12H13O3S/c13-7-10(8-16)5-9-1-2-11-12(6-9)15-4-3-14-11/h1-2,6,10,16H,3-5,8H2. The molecule has 16 heavy (non-hydrogen) atoms. The predicted molar refractivity (Wildman–Crippen MR) is 64.2 cm³/mol. The highest BCUT2D eigenvalue weighted by Gasteiger charge is 2.13. The normalized spacial score (nSPS) is 15.6. The Morgan fingerprint density at radius 3 is 2.75 bits per heavy atom. The van der Waals surface area contributed by atoms with Gasteiger partial charge in [0.1, 0.15) is 13.2 Å². The summed E-state index contributed by atoms with van der Waals surface area (Å²) in [7, 11) is 0. The first-order valence-corrected chi connectivity index (χ1v) is 5.84. The molecule has 1 atom stereocenters. The molecule has 0 aliphatic carbocycles. The smallest absolute Gasteiger partial charge is 0.202 e. The van der Waals surface area contributed by atoms with Crippen LogP contribution in [0.5, 0.6) is 11.5 Å². The molecule has 1 unspecified atom stereocenters. The molecule has 0 saturated carbocycles. The molecule has 1 aromatic rings. The van der Waals surface area contributed by atoms with Crippen LogP contribution in [0.25, 0.3) is 0 Å². The first kappa shape index (κ1) is 11.3. The van der Waals surface area contributed by atoms with Gasteiger partial charge in [-0.15, -0.1) is 0 Å². The van der Waals surface area contributed by atoms with E-state index in [1.165, 1.54) is 0 Å². The molecule has 1 aliphatic heterocycles. The van der Waals surface area contributed by atoms with E-state index in [2.05, 4.69) is 12.6 Å². The Morgan fingerprint density at radius 2 is 2.06 bits per heavy atom. The van der Waals surface area contributed by atoms with E-state index in [0.717, 1.165) is 17.1 Å². The van der Waals surface area contributed by atoms with Crippen LogP contribution in [0.15, 0.2) is 18.2 Å². The van der Waals surface area contributed by atoms with E-state index >= 15 is 0 Å². The molecule has 0 fully saturated rings. The van der Waals surface area contributed by atoms with E-state index < -0.39 is 0 Å². The van der Waals surface area contributed by atoms with Crippen LogP contribution in [0.3, 0.4) is 0 Å². The van der Waals surface area contributed by atoms with Crippen molar-refractivity contribution in [2.45, 2.75) is 6.42 Å². The topological polar surface area (TPSA) is 35.5 Å². The van der Waals surface area contributed by atoms with E-state index in [1.807, 2.05) is 24.5 Å². The SMILES string of the molecule is O=[C]C(CS)Cc1ccc2c(c1)OCCO2. The van der Waals surface area contributed by atoms with Gasteiger partial charge in [-0.3, -0.25) is 4.79 Å². The summed E-state index contributed by atoms with van der Waals surface area (Å²) in [5.74, 6) is 1.88. The van der Waals surface area contributed by atoms with Gasteiger partial charge < -0.3 is 9.47 Å².